The third-order valence-electron chi connectivity index (χ3n) is 6.34. The first-order valence-electron chi connectivity index (χ1n) is 10.6. The lowest BCUT2D eigenvalue weighted by Gasteiger charge is -2.45. The van der Waals surface area contributed by atoms with E-state index in [1.54, 1.807) is 0 Å². The maximum absolute atomic E-state index is 12.2. The standard InChI is InChI=1S/C20H37N5O2/c1-16(2)18(26)24-11-6-17(14-24)23-19(21-3)22-15-20(7-12-27-13-8-20)25-9-4-5-10-25/h16-17H,4-15H2,1-3H3,(H2,21,22,23). The van der Waals surface area contributed by atoms with Crippen LogP contribution in [0.15, 0.2) is 4.99 Å². The Bertz CT molecular complexity index is 524. The van der Waals surface area contributed by atoms with E-state index < -0.39 is 0 Å². The molecule has 154 valence electrons. The van der Waals surface area contributed by atoms with Crippen molar-refractivity contribution in [1.82, 2.24) is 20.4 Å². The third-order valence-corrected chi connectivity index (χ3v) is 6.34. The molecule has 3 rings (SSSR count). The van der Waals surface area contributed by atoms with Crippen molar-refractivity contribution in [3.63, 3.8) is 0 Å². The van der Waals surface area contributed by atoms with Gasteiger partial charge in [-0.1, -0.05) is 13.8 Å². The molecule has 0 spiro atoms. The van der Waals surface area contributed by atoms with Gasteiger partial charge in [-0.15, -0.1) is 0 Å². The van der Waals surface area contributed by atoms with Crippen molar-refractivity contribution < 1.29 is 9.53 Å². The fourth-order valence-electron chi connectivity index (χ4n) is 4.63. The van der Waals surface area contributed by atoms with E-state index in [9.17, 15) is 4.79 Å². The van der Waals surface area contributed by atoms with Crippen LogP contribution in [-0.4, -0.2) is 86.2 Å². The summed E-state index contributed by atoms with van der Waals surface area (Å²) >= 11 is 0. The Morgan fingerprint density at radius 3 is 2.56 bits per heavy atom. The lowest BCUT2D eigenvalue weighted by molar-refractivity contribution is -0.133. The first kappa shape index (κ1) is 20.4. The number of hydrogen-bond donors (Lipinski definition) is 2. The Morgan fingerprint density at radius 2 is 1.93 bits per heavy atom. The molecule has 3 saturated heterocycles. The molecule has 3 aliphatic heterocycles. The van der Waals surface area contributed by atoms with Gasteiger partial charge >= 0.3 is 0 Å². The van der Waals surface area contributed by atoms with Crippen LogP contribution in [0.2, 0.25) is 0 Å². The van der Waals surface area contributed by atoms with Crippen LogP contribution in [0.1, 0.15) is 46.0 Å². The van der Waals surface area contributed by atoms with E-state index in [1.807, 2.05) is 25.8 Å². The van der Waals surface area contributed by atoms with E-state index in [0.29, 0.717) is 0 Å². The van der Waals surface area contributed by atoms with E-state index in [0.717, 1.165) is 58.1 Å². The summed E-state index contributed by atoms with van der Waals surface area (Å²) in [4.78, 5) is 21.3. The highest BCUT2D eigenvalue weighted by atomic mass is 16.5. The Labute approximate surface area is 163 Å². The lowest BCUT2D eigenvalue weighted by Crippen LogP contribution is -2.59. The van der Waals surface area contributed by atoms with Gasteiger partial charge < -0.3 is 20.3 Å². The maximum atomic E-state index is 12.2. The minimum atomic E-state index is 0.0648. The van der Waals surface area contributed by atoms with E-state index in [1.165, 1.54) is 25.9 Å². The average Bonchev–Trinajstić information content (AvgIpc) is 3.37. The summed E-state index contributed by atoms with van der Waals surface area (Å²) < 4.78 is 5.64. The molecule has 0 aromatic heterocycles. The number of aliphatic imine (C=N–C) groups is 1. The fourth-order valence-corrected chi connectivity index (χ4v) is 4.63. The van der Waals surface area contributed by atoms with Crippen molar-refractivity contribution in [3.8, 4) is 0 Å². The van der Waals surface area contributed by atoms with Crippen molar-refractivity contribution in [2.45, 2.75) is 57.5 Å². The van der Waals surface area contributed by atoms with Gasteiger partial charge in [-0.2, -0.15) is 0 Å². The highest BCUT2D eigenvalue weighted by Crippen LogP contribution is 2.30. The van der Waals surface area contributed by atoms with Gasteiger partial charge in [0.05, 0.1) is 0 Å². The molecule has 0 bridgehead atoms. The first-order chi connectivity index (χ1) is 13.0. The van der Waals surface area contributed by atoms with E-state index in [4.69, 9.17) is 4.74 Å². The van der Waals surface area contributed by atoms with Gasteiger partial charge in [-0.3, -0.25) is 14.7 Å². The molecule has 3 fully saturated rings. The Hall–Kier alpha value is -1.34. The smallest absolute Gasteiger partial charge is 0.225 e. The summed E-state index contributed by atoms with van der Waals surface area (Å²) in [5.41, 5.74) is 0.182. The number of guanidine groups is 1. The highest BCUT2D eigenvalue weighted by molar-refractivity contribution is 5.81. The molecule has 1 unspecified atom stereocenters. The first-order valence-corrected chi connectivity index (χ1v) is 10.6. The molecule has 3 heterocycles. The molecule has 3 aliphatic rings. The molecule has 1 amide bonds. The second-order valence-corrected chi connectivity index (χ2v) is 8.53. The normalized spacial score (nSPS) is 26.6. The van der Waals surface area contributed by atoms with Gasteiger partial charge in [-0.25, -0.2) is 0 Å². The summed E-state index contributed by atoms with van der Waals surface area (Å²) in [6.45, 7) is 10.5. The molecule has 7 nitrogen and oxygen atoms in total. The third kappa shape index (κ3) is 4.93. The van der Waals surface area contributed by atoms with Crippen LogP contribution in [0.3, 0.4) is 0 Å². The molecule has 27 heavy (non-hydrogen) atoms. The number of nitrogens with zero attached hydrogens (tertiary/aromatic N) is 3. The zero-order valence-corrected chi connectivity index (χ0v) is 17.3. The average molecular weight is 380 g/mol. The summed E-state index contributed by atoms with van der Waals surface area (Å²) in [6.07, 6.45) is 5.74. The minimum Gasteiger partial charge on any atom is -0.381 e. The molecule has 7 heteroatoms. The van der Waals surface area contributed by atoms with Crippen LogP contribution in [0.4, 0.5) is 0 Å². The van der Waals surface area contributed by atoms with E-state index in [2.05, 4.69) is 20.5 Å². The molecular weight excluding hydrogens is 342 g/mol. The minimum absolute atomic E-state index is 0.0648. The number of carbonyl (C=O) groups excluding carboxylic acids is 1. The van der Waals surface area contributed by atoms with Crippen LogP contribution in [0.25, 0.3) is 0 Å². The van der Waals surface area contributed by atoms with Crippen LogP contribution < -0.4 is 10.6 Å². The zero-order chi connectivity index (χ0) is 19.3. The van der Waals surface area contributed by atoms with Crippen LogP contribution >= 0.6 is 0 Å². The van der Waals surface area contributed by atoms with Gasteiger partial charge in [0, 0.05) is 57.4 Å². The highest BCUT2D eigenvalue weighted by Gasteiger charge is 2.39. The largest absolute Gasteiger partial charge is 0.381 e. The second-order valence-electron chi connectivity index (χ2n) is 8.53. The Morgan fingerprint density at radius 1 is 1.22 bits per heavy atom. The quantitative estimate of drug-likeness (QED) is 0.552. The topological polar surface area (TPSA) is 69.2 Å². The van der Waals surface area contributed by atoms with Crippen LogP contribution in [-0.2, 0) is 9.53 Å². The number of carbonyl (C=O) groups is 1. The Kier molecular flexibility index (Phi) is 6.98. The van der Waals surface area contributed by atoms with Gasteiger partial charge in [0.1, 0.15) is 0 Å². The summed E-state index contributed by atoms with van der Waals surface area (Å²) in [7, 11) is 1.83. The molecule has 2 N–H and O–H groups in total. The molecule has 0 saturated carbocycles. The second kappa shape index (κ2) is 9.24. The summed E-state index contributed by atoms with van der Waals surface area (Å²) in [5, 5.41) is 7.12. The maximum Gasteiger partial charge on any atom is 0.225 e. The molecule has 0 radical (unpaired) electrons. The number of rotatable bonds is 5. The molecule has 1 atom stereocenters. The van der Waals surface area contributed by atoms with E-state index >= 15 is 0 Å². The van der Waals surface area contributed by atoms with Crippen LogP contribution in [0, 0.1) is 5.92 Å². The molecule has 0 aliphatic carbocycles. The van der Waals surface area contributed by atoms with Crippen molar-refractivity contribution in [2.24, 2.45) is 10.9 Å². The monoisotopic (exact) mass is 379 g/mol. The number of amides is 1. The Balaban J connectivity index is 1.53. The number of ether oxygens (including phenoxy) is 1. The molecular formula is C20H37N5O2. The molecule has 0 aromatic carbocycles. The van der Waals surface area contributed by atoms with Gasteiger partial charge in [-0.05, 0) is 45.2 Å². The van der Waals surface area contributed by atoms with Crippen molar-refractivity contribution in [3.05, 3.63) is 0 Å². The van der Waals surface area contributed by atoms with Gasteiger partial charge in [0.2, 0.25) is 5.91 Å². The van der Waals surface area contributed by atoms with Gasteiger partial charge in [0.15, 0.2) is 5.96 Å². The van der Waals surface area contributed by atoms with Gasteiger partial charge in [0.25, 0.3) is 0 Å². The summed E-state index contributed by atoms with van der Waals surface area (Å²) in [5.74, 6) is 1.16. The van der Waals surface area contributed by atoms with Crippen molar-refractivity contribution in [2.75, 3.05) is 53.0 Å². The van der Waals surface area contributed by atoms with Crippen molar-refractivity contribution >= 4 is 11.9 Å². The van der Waals surface area contributed by atoms with Crippen molar-refractivity contribution in [1.29, 1.82) is 0 Å². The number of hydrogen-bond acceptors (Lipinski definition) is 4. The predicted octanol–water partition coefficient (Wildman–Crippen LogP) is 1.05. The lowest BCUT2D eigenvalue weighted by atomic mass is 9.88. The van der Waals surface area contributed by atoms with Crippen LogP contribution in [0.5, 0.6) is 0 Å². The molecule has 0 aromatic rings. The zero-order valence-electron chi connectivity index (χ0n) is 17.3. The summed E-state index contributed by atoms with van der Waals surface area (Å²) in [6, 6.07) is 0.274. The number of likely N-dealkylation sites (tertiary alicyclic amines) is 2. The van der Waals surface area contributed by atoms with E-state index in [-0.39, 0.29) is 23.4 Å². The number of nitrogens with one attached hydrogen (secondary N) is 2. The predicted molar refractivity (Wildman–Crippen MR) is 108 cm³/mol. The SMILES string of the molecule is CN=C(NCC1(N2CCCC2)CCOCC1)NC1CCN(C(=O)C(C)C)C1. The fraction of sp³-hybridized carbons (Fsp3) is 0.900.